The summed E-state index contributed by atoms with van der Waals surface area (Å²) in [6.07, 6.45) is 2.38. The fraction of sp³-hybridized carbons (Fsp3) is 0.450. The summed E-state index contributed by atoms with van der Waals surface area (Å²) in [5, 5.41) is 3.45. The summed E-state index contributed by atoms with van der Waals surface area (Å²) in [5.74, 6) is -0.138. The number of amides is 1. The Balaban J connectivity index is 1.72. The third-order valence-corrected chi connectivity index (χ3v) is 7.18. The number of nitrogens with zero attached hydrogens (tertiary/aromatic N) is 3. The molecule has 0 spiro atoms. The molecule has 0 saturated carbocycles. The van der Waals surface area contributed by atoms with Gasteiger partial charge in [0.2, 0.25) is 10.0 Å². The fourth-order valence-electron chi connectivity index (χ4n) is 3.60. The number of sulfonamides is 1. The number of para-hydroxylation sites is 1. The van der Waals surface area contributed by atoms with E-state index in [1.165, 1.54) is 16.6 Å². The Kier molecular flexibility index (Phi) is 6.10. The van der Waals surface area contributed by atoms with E-state index in [2.05, 4.69) is 5.32 Å². The van der Waals surface area contributed by atoms with Gasteiger partial charge < -0.3 is 14.8 Å². The van der Waals surface area contributed by atoms with Crippen LogP contribution in [0.15, 0.2) is 47.5 Å². The SMILES string of the molecule is CCN(CC)S(=O)(=O)c1cc(C(=O)N2CCC(Nc3ccccc3)C2)n(C)c1. The number of aryl methyl sites for hydroxylation is 1. The Bertz CT molecular complexity index is 920. The molecule has 1 aromatic carbocycles. The zero-order valence-electron chi connectivity index (χ0n) is 16.6. The molecule has 1 aromatic heterocycles. The second-order valence-corrected chi connectivity index (χ2v) is 8.95. The smallest absolute Gasteiger partial charge is 0.270 e. The van der Waals surface area contributed by atoms with Crippen LogP contribution in [0.4, 0.5) is 5.69 Å². The lowest BCUT2D eigenvalue weighted by atomic mass is 10.2. The molecule has 3 rings (SSSR count). The van der Waals surface area contributed by atoms with Crippen LogP contribution in [0, 0.1) is 0 Å². The van der Waals surface area contributed by atoms with Crippen molar-refractivity contribution in [2.24, 2.45) is 7.05 Å². The molecule has 7 nitrogen and oxygen atoms in total. The van der Waals surface area contributed by atoms with Crippen molar-refractivity contribution >= 4 is 21.6 Å². The van der Waals surface area contributed by atoms with Gasteiger partial charge in [0, 0.05) is 51.2 Å². The Morgan fingerprint density at radius 3 is 2.54 bits per heavy atom. The first-order chi connectivity index (χ1) is 13.4. The van der Waals surface area contributed by atoms with E-state index < -0.39 is 10.0 Å². The summed E-state index contributed by atoms with van der Waals surface area (Å²) in [6, 6.07) is 11.6. The van der Waals surface area contributed by atoms with Crippen molar-refractivity contribution in [2.75, 3.05) is 31.5 Å². The van der Waals surface area contributed by atoms with Crippen LogP contribution in [0.3, 0.4) is 0 Å². The Hall–Kier alpha value is -2.32. The van der Waals surface area contributed by atoms with Crippen LogP contribution in [-0.4, -0.2) is 60.3 Å². The highest BCUT2D eigenvalue weighted by Crippen LogP contribution is 2.22. The van der Waals surface area contributed by atoms with Gasteiger partial charge in [0.15, 0.2) is 0 Å². The van der Waals surface area contributed by atoms with Crippen LogP contribution in [0.2, 0.25) is 0 Å². The summed E-state index contributed by atoms with van der Waals surface area (Å²) < 4.78 is 28.5. The summed E-state index contributed by atoms with van der Waals surface area (Å²) >= 11 is 0. The average Bonchev–Trinajstić information content (AvgIpc) is 3.30. The average molecular weight is 405 g/mol. The second kappa shape index (κ2) is 8.36. The molecular formula is C20H28N4O3S. The minimum absolute atomic E-state index is 0.138. The predicted octanol–water partition coefficient (Wildman–Crippen LogP) is 2.38. The maximum Gasteiger partial charge on any atom is 0.270 e. The van der Waals surface area contributed by atoms with Gasteiger partial charge in [-0.15, -0.1) is 0 Å². The molecule has 1 N–H and O–H groups in total. The summed E-state index contributed by atoms with van der Waals surface area (Å²) in [6.45, 7) is 5.65. The number of aromatic nitrogens is 1. The van der Waals surface area contributed by atoms with Gasteiger partial charge in [0.25, 0.3) is 5.91 Å². The lowest BCUT2D eigenvalue weighted by Gasteiger charge is -2.18. The molecule has 2 aromatic rings. The van der Waals surface area contributed by atoms with Crippen molar-refractivity contribution in [1.82, 2.24) is 13.8 Å². The minimum atomic E-state index is -3.58. The number of carbonyl (C=O) groups excluding carboxylic acids is 1. The topological polar surface area (TPSA) is 74.7 Å². The van der Waals surface area contributed by atoms with Gasteiger partial charge >= 0.3 is 0 Å². The number of anilines is 1. The first-order valence-electron chi connectivity index (χ1n) is 9.64. The van der Waals surface area contributed by atoms with Gasteiger partial charge in [-0.1, -0.05) is 32.0 Å². The zero-order chi connectivity index (χ0) is 20.3. The second-order valence-electron chi connectivity index (χ2n) is 7.01. The lowest BCUT2D eigenvalue weighted by molar-refractivity contribution is 0.0782. The monoisotopic (exact) mass is 404 g/mol. The number of nitrogens with one attached hydrogen (secondary N) is 1. The molecule has 1 aliphatic rings. The number of hydrogen-bond donors (Lipinski definition) is 1. The maximum absolute atomic E-state index is 13.0. The van der Waals surface area contributed by atoms with Crippen molar-refractivity contribution < 1.29 is 13.2 Å². The summed E-state index contributed by atoms with van der Waals surface area (Å²) in [5.41, 5.74) is 1.43. The highest BCUT2D eigenvalue weighted by Gasteiger charge is 2.30. The van der Waals surface area contributed by atoms with Crippen LogP contribution in [0.25, 0.3) is 0 Å². The molecule has 152 valence electrons. The molecule has 1 saturated heterocycles. The minimum Gasteiger partial charge on any atom is -0.380 e. The van der Waals surface area contributed by atoms with Gasteiger partial charge in [-0.25, -0.2) is 8.42 Å². The Morgan fingerprint density at radius 2 is 1.89 bits per heavy atom. The van der Waals surface area contributed by atoms with Crippen molar-refractivity contribution in [3.05, 3.63) is 48.3 Å². The van der Waals surface area contributed by atoms with E-state index in [1.54, 1.807) is 30.4 Å². The maximum atomic E-state index is 13.0. The van der Waals surface area contributed by atoms with Gasteiger partial charge in [-0.3, -0.25) is 4.79 Å². The lowest BCUT2D eigenvalue weighted by Crippen LogP contribution is -2.32. The quantitative estimate of drug-likeness (QED) is 0.769. The third-order valence-electron chi connectivity index (χ3n) is 5.16. The van der Waals surface area contributed by atoms with Crippen LogP contribution >= 0.6 is 0 Å². The van der Waals surface area contributed by atoms with Gasteiger partial charge in [0.1, 0.15) is 10.6 Å². The zero-order valence-corrected chi connectivity index (χ0v) is 17.4. The number of carbonyl (C=O) groups is 1. The molecule has 2 heterocycles. The van der Waals surface area contributed by atoms with Crippen LogP contribution in [0.5, 0.6) is 0 Å². The first kappa shape index (κ1) is 20.4. The Morgan fingerprint density at radius 1 is 1.21 bits per heavy atom. The van der Waals surface area contributed by atoms with Gasteiger partial charge in [-0.05, 0) is 24.6 Å². The van der Waals surface area contributed by atoms with E-state index in [0.29, 0.717) is 31.9 Å². The highest BCUT2D eigenvalue weighted by atomic mass is 32.2. The molecule has 1 amide bonds. The van der Waals surface area contributed by atoms with Crippen LogP contribution in [0.1, 0.15) is 30.8 Å². The molecule has 0 radical (unpaired) electrons. The molecule has 0 bridgehead atoms. The molecule has 8 heteroatoms. The predicted molar refractivity (Wildman–Crippen MR) is 110 cm³/mol. The largest absolute Gasteiger partial charge is 0.380 e. The number of hydrogen-bond acceptors (Lipinski definition) is 4. The molecule has 1 atom stereocenters. The Labute approximate surface area is 167 Å². The van der Waals surface area contributed by atoms with Crippen LogP contribution < -0.4 is 5.32 Å². The van der Waals surface area contributed by atoms with Crippen molar-refractivity contribution in [3.8, 4) is 0 Å². The molecule has 28 heavy (non-hydrogen) atoms. The summed E-state index contributed by atoms with van der Waals surface area (Å²) in [4.78, 5) is 14.9. The van der Waals surface area contributed by atoms with Crippen molar-refractivity contribution in [1.29, 1.82) is 0 Å². The normalized spacial score (nSPS) is 17.3. The number of benzene rings is 1. The van der Waals surface area contributed by atoms with E-state index in [-0.39, 0.29) is 16.8 Å². The highest BCUT2D eigenvalue weighted by molar-refractivity contribution is 7.89. The van der Waals surface area contributed by atoms with E-state index >= 15 is 0 Å². The summed E-state index contributed by atoms with van der Waals surface area (Å²) in [7, 11) is -1.87. The molecule has 1 fully saturated rings. The molecule has 0 aliphatic carbocycles. The standard InChI is InChI=1S/C20H28N4O3S/c1-4-24(5-2)28(26,27)18-13-19(22(3)15-18)20(25)23-12-11-17(14-23)21-16-9-7-6-8-10-16/h6-10,13,15,17,21H,4-5,11-12,14H2,1-3H3. The molecule has 1 aliphatic heterocycles. The van der Waals surface area contributed by atoms with Gasteiger partial charge in [0.05, 0.1) is 0 Å². The van der Waals surface area contributed by atoms with Crippen molar-refractivity contribution in [3.63, 3.8) is 0 Å². The third kappa shape index (κ3) is 4.07. The van der Waals surface area contributed by atoms with Crippen LogP contribution in [-0.2, 0) is 17.1 Å². The fourth-order valence-corrected chi connectivity index (χ4v) is 5.12. The molecular weight excluding hydrogens is 376 g/mol. The first-order valence-corrected chi connectivity index (χ1v) is 11.1. The van der Waals surface area contributed by atoms with E-state index in [9.17, 15) is 13.2 Å². The van der Waals surface area contributed by atoms with E-state index in [4.69, 9.17) is 0 Å². The number of likely N-dealkylation sites (tertiary alicyclic amines) is 1. The number of rotatable bonds is 7. The van der Waals surface area contributed by atoms with E-state index in [1.807, 2.05) is 30.3 Å². The van der Waals surface area contributed by atoms with Gasteiger partial charge in [-0.2, -0.15) is 4.31 Å². The van der Waals surface area contributed by atoms with Crippen molar-refractivity contribution in [2.45, 2.75) is 31.2 Å². The van der Waals surface area contributed by atoms with E-state index in [0.717, 1.165) is 12.1 Å². The molecule has 1 unspecified atom stereocenters.